The molecule has 0 N–H and O–H groups in total. The highest BCUT2D eigenvalue weighted by atomic mass is 19.1. The van der Waals surface area contributed by atoms with E-state index >= 15 is 0 Å². The first-order valence-corrected chi connectivity index (χ1v) is 7.90. The third-order valence-corrected chi connectivity index (χ3v) is 4.17. The predicted octanol–water partition coefficient (Wildman–Crippen LogP) is 3.71. The number of hydrogen-bond donors (Lipinski definition) is 0. The smallest absolute Gasteiger partial charge is 0.249 e. The fourth-order valence-electron chi connectivity index (χ4n) is 3.01. The average molecular weight is 313 g/mol. The number of carbonyl (C=O) groups is 1. The van der Waals surface area contributed by atoms with Crippen LogP contribution < -0.4 is 0 Å². The summed E-state index contributed by atoms with van der Waals surface area (Å²) in [4.78, 5) is 14.3. The molecule has 1 unspecified atom stereocenters. The topological polar surface area (TPSA) is 29.5 Å². The fourth-order valence-corrected chi connectivity index (χ4v) is 3.01. The van der Waals surface area contributed by atoms with Crippen molar-refractivity contribution in [3.05, 3.63) is 71.5 Å². The lowest BCUT2D eigenvalue weighted by Gasteiger charge is -2.25. The standard InChI is InChI=1S/C19H20FNO2/c20-17-10-8-16(9-11-17)18-7-4-12-21(18)19(22)14-23-13-15-5-2-1-3-6-15/h1-3,5-6,8-11,18H,4,7,12-14H2. The van der Waals surface area contributed by atoms with E-state index in [-0.39, 0.29) is 24.4 Å². The Balaban J connectivity index is 1.56. The number of nitrogens with zero attached hydrogens (tertiary/aromatic N) is 1. The lowest BCUT2D eigenvalue weighted by molar-refractivity contribution is -0.137. The molecule has 4 heteroatoms. The van der Waals surface area contributed by atoms with Crippen LogP contribution in [0.5, 0.6) is 0 Å². The van der Waals surface area contributed by atoms with Crippen LogP contribution in [-0.4, -0.2) is 24.0 Å². The summed E-state index contributed by atoms with van der Waals surface area (Å²) in [7, 11) is 0. The molecule has 0 spiro atoms. The van der Waals surface area contributed by atoms with Crippen LogP contribution >= 0.6 is 0 Å². The van der Waals surface area contributed by atoms with Crippen LogP contribution in [0.15, 0.2) is 54.6 Å². The van der Waals surface area contributed by atoms with Gasteiger partial charge in [-0.1, -0.05) is 42.5 Å². The number of carbonyl (C=O) groups excluding carboxylic acids is 1. The van der Waals surface area contributed by atoms with Crippen molar-refractivity contribution in [1.29, 1.82) is 0 Å². The molecule has 23 heavy (non-hydrogen) atoms. The lowest BCUT2D eigenvalue weighted by atomic mass is 10.0. The van der Waals surface area contributed by atoms with Crippen molar-refractivity contribution in [3.8, 4) is 0 Å². The minimum Gasteiger partial charge on any atom is -0.367 e. The molecule has 0 bridgehead atoms. The van der Waals surface area contributed by atoms with E-state index in [1.165, 1.54) is 12.1 Å². The number of rotatable bonds is 5. The molecule has 1 fully saturated rings. The van der Waals surface area contributed by atoms with Gasteiger partial charge in [-0.15, -0.1) is 0 Å². The van der Waals surface area contributed by atoms with E-state index < -0.39 is 0 Å². The molecule has 1 saturated heterocycles. The zero-order valence-electron chi connectivity index (χ0n) is 13.0. The van der Waals surface area contributed by atoms with Gasteiger partial charge in [0.25, 0.3) is 0 Å². The van der Waals surface area contributed by atoms with Gasteiger partial charge in [0.1, 0.15) is 12.4 Å². The lowest BCUT2D eigenvalue weighted by Crippen LogP contribution is -2.33. The number of hydrogen-bond acceptors (Lipinski definition) is 2. The molecule has 1 heterocycles. The fraction of sp³-hybridized carbons (Fsp3) is 0.316. The second-order valence-corrected chi connectivity index (χ2v) is 5.78. The summed E-state index contributed by atoms with van der Waals surface area (Å²) in [6.07, 6.45) is 1.88. The molecule has 1 aliphatic heterocycles. The summed E-state index contributed by atoms with van der Waals surface area (Å²) >= 11 is 0. The second kappa shape index (κ2) is 7.38. The minimum atomic E-state index is -0.254. The van der Waals surface area contributed by atoms with E-state index in [0.717, 1.165) is 30.5 Å². The van der Waals surface area contributed by atoms with Crippen molar-refractivity contribution in [3.63, 3.8) is 0 Å². The zero-order valence-corrected chi connectivity index (χ0v) is 13.0. The summed E-state index contributed by atoms with van der Waals surface area (Å²) in [5.41, 5.74) is 2.04. The zero-order chi connectivity index (χ0) is 16.1. The summed E-state index contributed by atoms with van der Waals surface area (Å²) in [5, 5.41) is 0. The van der Waals surface area contributed by atoms with Gasteiger partial charge < -0.3 is 9.64 Å². The summed E-state index contributed by atoms with van der Waals surface area (Å²) in [6.45, 7) is 1.24. The number of likely N-dealkylation sites (tertiary alicyclic amines) is 1. The van der Waals surface area contributed by atoms with Gasteiger partial charge in [-0.25, -0.2) is 4.39 Å². The monoisotopic (exact) mass is 313 g/mol. The minimum absolute atomic E-state index is 0.00671. The SMILES string of the molecule is O=C(COCc1ccccc1)N1CCCC1c1ccc(F)cc1. The largest absolute Gasteiger partial charge is 0.367 e. The molecule has 0 radical (unpaired) electrons. The second-order valence-electron chi connectivity index (χ2n) is 5.78. The normalized spacial score (nSPS) is 17.4. The van der Waals surface area contributed by atoms with Gasteiger partial charge in [0, 0.05) is 6.54 Å². The first-order valence-electron chi connectivity index (χ1n) is 7.90. The summed E-state index contributed by atoms with van der Waals surface area (Å²) in [6, 6.07) is 16.2. The maximum Gasteiger partial charge on any atom is 0.249 e. The summed E-state index contributed by atoms with van der Waals surface area (Å²) in [5.74, 6) is -0.261. The van der Waals surface area contributed by atoms with E-state index in [4.69, 9.17) is 4.74 Å². The Kier molecular flexibility index (Phi) is 5.03. The molecule has 3 nitrogen and oxygen atoms in total. The number of halogens is 1. The predicted molar refractivity (Wildman–Crippen MR) is 86.2 cm³/mol. The molecule has 1 atom stereocenters. The number of amides is 1. The molecule has 1 amide bonds. The molecule has 120 valence electrons. The van der Waals surface area contributed by atoms with Crippen LogP contribution in [0.4, 0.5) is 4.39 Å². The molecule has 0 aromatic heterocycles. The molecule has 0 saturated carbocycles. The van der Waals surface area contributed by atoms with Crippen LogP contribution in [0.3, 0.4) is 0 Å². The maximum atomic E-state index is 13.1. The van der Waals surface area contributed by atoms with Crippen LogP contribution in [-0.2, 0) is 16.1 Å². The Bertz CT molecular complexity index is 642. The molecular formula is C19H20FNO2. The molecule has 2 aromatic rings. The van der Waals surface area contributed by atoms with E-state index in [1.54, 1.807) is 12.1 Å². The Hall–Kier alpha value is -2.20. The van der Waals surface area contributed by atoms with Gasteiger partial charge in [0.2, 0.25) is 5.91 Å². The Labute approximate surface area is 135 Å². The quantitative estimate of drug-likeness (QED) is 0.842. The third kappa shape index (κ3) is 3.96. The van der Waals surface area contributed by atoms with Gasteiger partial charge in [0.15, 0.2) is 0 Å². The van der Waals surface area contributed by atoms with Gasteiger partial charge in [-0.05, 0) is 36.1 Å². The van der Waals surface area contributed by atoms with Crippen molar-refractivity contribution in [1.82, 2.24) is 4.90 Å². The average Bonchev–Trinajstić information content (AvgIpc) is 3.06. The maximum absolute atomic E-state index is 13.1. The van der Waals surface area contributed by atoms with Crippen molar-refractivity contribution in [2.24, 2.45) is 0 Å². The highest BCUT2D eigenvalue weighted by Crippen LogP contribution is 2.31. The molecular weight excluding hydrogens is 293 g/mol. The van der Waals surface area contributed by atoms with Gasteiger partial charge in [-0.2, -0.15) is 0 Å². The number of ether oxygens (including phenoxy) is 1. The Morgan fingerprint density at radius 1 is 1.13 bits per heavy atom. The van der Waals surface area contributed by atoms with Crippen LogP contribution in [0.2, 0.25) is 0 Å². The van der Waals surface area contributed by atoms with Gasteiger partial charge in [-0.3, -0.25) is 4.79 Å². The van der Waals surface area contributed by atoms with Crippen LogP contribution in [0.1, 0.15) is 30.0 Å². The van der Waals surface area contributed by atoms with Crippen molar-refractivity contribution in [2.45, 2.75) is 25.5 Å². The highest BCUT2D eigenvalue weighted by molar-refractivity contribution is 5.78. The van der Waals surface area contributed by atoms with Crippen LogP contribution in [0, 0.1) is 5.82 Å². The van der Waals surface area contributed by atoms with Crippen molar-refractivity contribution < 1.29 is 13.9 Å². The molecule has 1 aliphatic rings. The number of benzene rings is 2. The van der Waals surface area contributed by atoms with Gasteiger partial charge in [0.05, 0.1) is 12.6 Å². The van der Waals surface area contributed by atoms with Crippen molar-refractivity contribution >= 4 is 5.91 Å². The Morgan fingerprint density at radius 3 is 2.61 bits per heavy atom. The third-order valence-electron chi connectivity index (χ3n) is 4.17. The van der Waals surface area contributed by atoms with Crippen LogP contribution in [0.25, 0.3) is 0 Å². The van der Waals surface area contributed by atoms with E-state index in [9.17, 15) is 9.18 Å². The summed E-state index contributed by atoms with van der Waals surface area (Å²) < 4.78 is 18.6. The van der Waals surface area contributed by atoms with Gasteiger partial charge >= 0.3 is 0 Å². The van der Waals surface area contributed by atoms with E-state index in [2.05, 4.69) is 0 Å². The van der Waals surface area contributed by atoms with Crippen molar-refractivity contribution in [2.75, 3.05) is 13.2 Å². The van der Waals surface area contributed by atoms with E-state index in [1.807, 2.05) is 35.2 Å². The molecule has 2 aromatic carbocycles. The van der Waals surface area contributed by atoms with E-state index in [0.29, 0.717) is 6.61 Å². The Morgan fingerprint density at radius 2 is 1.87 bits per heavy atom. The highest BCUT2D eigenvalue weighted by Gasteiger charge is 2.29. The molecule has 0 aliphatic carbocycles. The first kappa shape index (κ1) is 15.7. The molecule has 3 rings (SSSR count). The first-order chi connectivity index (χ1) is 11.2.